The van der Waals surface area contributed by atoms with Gasteiger partial charge in [0.1, 0.15) is 6.10 Å². The molecule has 10 heteroatoms. The van der Waals surface area contributed by atoms with E-state index in [0.29, 0.717) is 5.92 Å². The van der Waals surface area contributed by atoms with Crippen molar-refractivity contribution in [3.8, 4) is 6.07 Å². The number of likely N-dealkylation sites (tertiary alicyclic amines) is 1. The van der Waals surface area contributed by atoms with E-state index in [1.165, 1.54) is 29.4 Å². The van der Waals surface area contributed by atoms with Gasteiger partial charge in [0.25, 0.3) is 0 Å². The quantitative estimate of drug-likeness (QED) is 0.306. The fourth-order valence-corrected chi connectivity index (χ4v) is 9.10. The Hall–Kier alpha value is -3.94. The number of pyridine rings is 1. The highest BCUT2D eigenvalue weighted by atomic mass is 32.2. The molecule has 2 aromatic carbocycles. The average Bonchev–Trinajstić information content (AvgIpc) is 3.53. The lowest BCUT2D eigenvalue weighted by Crippen LogP contribution is -2.54. The smallest absolute Gasteiger partial charge is 0.409 e. The van der Waals surface area contributed by atoms with Gasteiger partial charge in [-0.2, -0.15) is 5.26 Å². The predicted octanol–water partition coefficient (Wildman–Crippen LogP) is 5.39. The van der Waals surface area contributed by atoms with Gasteiger partial charge >= 0.3 is 6.09 Å². The lowest BCUT2D eigenvalue weighted by Gasteiger charge is -2.48. The van der Waals surface area contributed by atoms with Crippen LogP contribution in [0.3, 0.4) is 0 Å². The highest BCUT2D eigenvalue weighted by molar-refractivity contribution is 7.91. The Labute approximate surface area is 272 Å². The van der Waals surface area contributed by atoms with Crippen LogP contribution in [0.15, 0.2) is 88.9 Å². The molecule has 0 N–H and O–H groups in total. The molecule has 0 radical (unpaired) electrons. The first kappa shape index (κ1) is 32.0. The van der Waals surface area contributed by atoms with Crippen LogP contribution in [-0.4, -0.2) is 82.2 Å². The fraction of sp³-hybridized carbons (Fsp3) is 0.472. The second kappa shape index (κ2) is 13.4. The number of carbonyl (C=O) groups excluding carboxylic acids is 1. The maximum absolute atomic E-state index is 12.9. The number of amides is 1. The predicted molar refractivity (Wildman–Crippen MR) is 176 cm³/mol. The lowest BCUT2D eigenvalue weighted by atomic mass is 9.59. The molecule has 3 aliphatic rings. The number of rotatable bonds is 9. The normalized spacial score (nSPS) is 22.4. The number of aromatic nitrogens is 1. The Morgan fingerprint density at radius 1 is 0.957 bits per heavy atom. The molecular formula is C36H43N5O4S. The van der Waals surface area contributed by atoms with E-state index < -0.39 is 15.3 Å². The first-order valence-corrected chi connectivity index (χ1v) is 17.8. The van der Waals surface area contributed by atoms with E-state index >= 15 is 0 Å². The zero-order chi connectivity index (χ0) is 32.3. The van der Waals surface area contributed by atoms with Crippen LogP contribution in [0.1, 0.15) is 37.7 Å². The third-order valence-corrected chi connectivity index (χ3v) is 12.1. The molecule has 1 amide bonds. The average molecular weight is 642 g/mol. The topological polar surface area (TPSA) is 107 Å². The molecule has 0 spiro atoms. The van der Waals surface area contributed by atoms with E-state index in [4.69, 9.17) is 4.74 Å². The minimum absolute atomic E-state index is 0.0355. The number of nitriles is 1. The van der Waals surface area contributed by atoms with Crippen molar-refractivity contribution in [3.63, 3.8) is 0 Å². The molecule has 242 valence electrons. The van der Waals surface area contributed by atoms with Crippen molar-refractivity contribution < 1.29 is 17.9 Å². The molecule has 0 bridgehead atoms. The van der Waals surface area contributed by atoms with Gasteiger partial charge < -0.3 is 19.4 Å². The highest BCUT2D eigenvalue weighted by Gasteiger charge is 2.53. The van der Waals surface area contributed by atoms with Crippen LogP contribution in [0.4, 0.5) is 10.5 Å². The number of sulfone groups is 1. The number of carbonyl (C=O) groups is 1. The Kier molecular flexibility index (Phi) is 9.34. The Morgan fingerprint density at radius 2 is 1.61 bits per heavy atom. The van der Waals surface area contributed by atoms with Crippen molar-refractivity contribution in [1.29, 1.82) is 5.26 Å². The van der Waals surface area contributed by atoms with Crippen molar-refractivity contribution in [3.05, 3.63) is 84.7 Å². The van der Waals surface area contributed by atoms with Crippen LogP contribution in [0.2, 0.25) is 0 Å². The SMILES string of the molecule is CN(C)C(=O)OC1CCCC1C(C#N)(c1ccccc1)C1CCN(CC2CN(c3ccc(S(=O)(=O)c4ccncc4)cc3)C2)CC1. The van der Waals surface area contributed by atoms with Crippen LogP contribution in [0, 0.1) is 29.1 Å². The molecule has 2 aliphatic heterocycles. The number of hydrogen-bond donors (Lipinski definition) is 0. The van der Waals surface area contributed by atoms with Gasteiger partial charge in [0.15, 0.2) is 0 Å². The second-order valence-corrected chi connectivity index (χ2v) is 15.2. The monoisotopic (exact) mass is 641 g/mol. The van der Waals surface area contributed by atoms with Crippen LogP contribution in [-0.2, 0) is 20.0 Å². The van der Waals surface area contributed by atoms with Crippen molar-refractivity contribution in [2.24, 2.45) is 17.8 Å². The summed E-state index contributed by atoms with van der Waals surface area (Å²) in [5.41, 5.74) is 1.38. The van der Waals surface area contributed by atoms with Gasteiger partial charge in [0, 0.05) is 63.6 Å². The van der Waals surface area contributed by atoms with Crippen molar-refractivity contribution in [2.75, 3.05) is 51.7 Å². The molecule has 1 aliphatic carbocycles. The van der Waals surface area contributed by atoms with Gasteiger partial charge in [-0.15, -0.1) is 0 Å². The lowest BCUT2D eigenvalue weighted by molar-refractivity contribution is 0.0190. The minimum atomic E-state index is -3.56. The molecule has 1 aromatic heterocycles. The summed E-state index contributed by atoms with van der Waals surface area (Å²) in [6.45, 7) is 4.75. The maximum atomic E-state index is 12.9. The molecule has 3 atom stereocenters. The summed E-state index contributed by atoms with van der Waals surface area (Å²) in [6, 6.07) is 23.2. The van der Waals surface area contributed by atoms with Gasteiger partial charge in [0.2, 0.25) is 9.84 Å². The summed E-state index contributed by atoms with van der Waals surface area (Å²) in [5.74, 6) is 0.683. The van der Waals surface area contributed by atoms with E-state index in [1.807, 2.05) is 30.3 Å². The molecule has 46 heavy (non-hydrogen) atoms. The third-order valence-electron chi connectivity index (χ3n) is 10.3. The summed E-state index contributed by atoms with van der Waals surface area (Å²) in [7, 11) is -0.162. The number of ether oxygens (including phenoxy) is 1. The van der Waals surface area contributed by atoms with Crippen molar-refractivity contribution in [1.82, 2.24) is 14.8 Å². The zero-order valence-electron chi connectivity index (χ0n) is 26.7. The molecule has 3 unspecified atom stereocenters. The van der Waals surface area contributed by atoms with Crippen LogP contribution >= 0.6 is 0 Å². The largest absolute Gasteiger partial charge is 0.446 e. The van der Waals surface area contributed by atoms with E-state index in [1.54, 1.807) is 26.2 Å². The summed E-state index contributed by atoms with van der Waals surface area (Å²) < 4.78 is 31.8. The summed E-state index contributed by atoms with van der Waals surface area (Å²) >= 11 is 0. The van der Waals surface area contributed by atoms with Gasteiger partial charge in [-0.1, -0.05) is 30.3 Å². The first-order chi connectivity index (χ1) is 22.2. The van der Waals surface area contributed by atoms with E-state index in [2.05, 4.69) is 33.0 Å². The highest BCUT2D eigenvalue weighted by Crippen LogP contribution is 2.51. The molecular weight excluding hydrogens is 598 g/mol. The van der Waals surface area contributed by atoms with Crippen LogP contribution < -0.4 is 4.90 Å². The number of hydrogen-bond acceptors (Lipinski definition) is 8. The van der Waals surface area contributed by atoms with E-state index in [-0.39, 0.29) is 33.8 Å². The first-order valence-electron chi connectivity index (χ1n) is 16.3. The molecule has 2 saturated heterocycles. The fourth-order valence-electron chi connectivity index (χ4n) is 7.85. The summed E-state index contributed by atoms with van der Waals surface area (Å²) in [4.78, 5) is 23.3. The standard InChI is InChI=1S/C36H43N5O4S/c1-39(2)35(42)45-34-10-6-9-33(34)36(26-37,28-7-4-3-5-8-28)29-17-21-40(22-18-29)23-27-24-41(25-27)30-11-13-31(14-12-30)46(43,44)32-15-19-38-20-16-32/h3-5,7-8,11-16,19-20,27,29,33-34H,6,9-10,17-18,21-25H2,1-2H3. The second-order valence-electron chi connectivity index (χ2n) is 13.2. The summed E-state index contributed by atoms with van der Waals surface area (Å²) in [6.07, 6.45) is 6.85. The Balaban J connectivity index is 1.07. The van der Waals surface area contributed by atoms with E-state index in [9.17, 15) is 18.5 Å². The molecule has 9 nitrogen and oxygen atoms in total. The molecule has 3 aromatic rings. The van der Waals surface area contributed by atoms with Gasteiger partial charge in [-0.05, 0) is 93.1 Å². The van der Waals surface area contributed by atoms with Gasteiger partial charge in [-0.3, -0.25) is 4.98 Å². The molecule has 1 saturated carbocycles. The Morgan fingerprint density at radius 3 is 2.24 bits per heavy atom. The van der Waals surface area contributed by atoms with Crippen LogP contribution in [0.5, 0.6) is 0 Å². The number of nitrogens with zero attached hydrogens (tertiary/aromatic N) is 5. The zero-order valence-corrected chi connectivity index (χ0v) is 27.5. The number of anilines is 1. The number of benzene rings is 2. The maximum Gasteiger partial charge on any atom is 0.409 e. The van der Waals surface area contributed by atoms with Crippen molar-refractivity contribution in [2.45, 2.75) is 53.4 Å². The van der Waals surface area contributed by atoms with Crippen molar-refractivity contribution >= 4 is 21.6 Å². The molecule has 3 heterocycles. The molecule has 6 rings (SSSR count). The van der Waals surface area contributed by atoms with E-state index in [0.717, 1.165) is 76.1 Å². The molecule has 3 fully saturated rings. The Bertz CT molecular complexity index is 1630. The number of piperidine rings is 1. The van der Waals surface area contributed by atoms with Gasteiger partial charge in [0.05, 0.1) is 21.3 Å². The van der Waals surface area contributed by atoms with Gasteiger partial charge in [-0.25, -0.2) is 13.2 Å². The third kappa shape index (κ3) is 6.23. The minimum Gasteiger partial charge on any atom is -0.446 e. The summed E-state index contributed by atoms with van der Waals surface area (Å²) in [5, 5.41) is 11.0. The van der Waals surface area contributed by atoms with Crippen LogP contribution in [0.25, 0.3) is 0 Å².